The first-order valence-electron chi connectivity index (χ1n) is 6.25. The third-order valence-corrected chi connectivity index (χ3v) is 5.82. The Labute approximate surface area is 107 Å². The van der Waals surface area contributed by atoms with E-state index in [0.717, 1.165) is 25.7 Å². The molecule has 7 heteroatoms. The van der Waals surface area contributed by atoms with Crippen LogP contribution < -0.4 is 5.73 Å². The summed E-state index contributed by atoms with van der Waals surface area (Å²) in [6.07, 6.45) is 6.45. The van der Waals surface area contributed by atoms with Gasteiger partial charge >= 0.3 is 0 Å². The first kappa shape index (κ1) is 12.1. The van der Waals surface area contributed by atoms with Crippen molar-refractivity contribution in [2.24, 2.45) is 12.8 Å². The van der Waals surface area contributed by atoms with Gasteiger partial charge in [0.05, 0.1) is 6.33 Å². The van der Waals surface area contributed by atoms with Gasteiger partial charge in [0.15, 0.2) is 5.03 Å². The molecule has 0 spiro atoms. The van der Waals surface area contributed by atoms with Crippen LogP contribution >= 0.6 is 0 Å². The fourth-order valence-electron chi connectivity index (χ4n) is 3.20. The third kappa shape index (κ3) is 1.77. The number of aryl methyl sites for hydroxylation is 1. The number of hydrogen-bond acceptors (Lipinski definition) is 4. The SMILES string of the molecule is Cn1cnc(S(=O)(=O)N2C3CCC2CC(N)C3)c1. The molecule has 0 amide bonds. The van der Waals surface area contributed by atoms with Crippen molar-refractivity contribution in [2.45, 2.75) is 48.8 Å². The van der Waals surface area contributed by atoms with Crippen LogP contribution in [0.25, 0.3) is 0 Å². The maximum Gasteiger partial charge on any atom is 0.262 e. The highest BCUT2D eigenvalue weighted by molar-refractivity contribution is 7.89. The van der Waals surface area contributed by atoms with E-state index in [-0.39, 0.29) is 23.2 Å². The Morgan fingerprint density at radius 2 is 1.94 bits per heavy atom. The van der Waals surface area contributed by atoms with Crippen LogP contribution in [0, 0.1) is 0 Å². The lowest BCUT2D eigenvalue weighted by Crippen LogP contribution is -2.50. The van der Waals surface area contributed by atoms with Crippen molar-refractivity contribution in [2.75, 3.05) is 0 Å². The van der Waals surface area contributed by atoms with Crippen LogP contribution in [-0.2, 0) is 17.1 Å². The van der Waals surface area contributed by atoms with E-state index in [1.165, 1.54) is 6.33 Å². The van der Waals surface area contributed by atoms with Crippen molar-refractivity contribution in [3.05, 3.63) is 12.5 Å². The molecule has 0 aromatic carbocycles. The average Bonchev–Trinajstić information content (AvgIpc) is 2.83. The van der Waals surface area contributed by atoms with Gasteiger partial charge in [0.2, 0.25) is 0 Å². The minimum absolute atomic E-state index is 0.0609. The highest BCUT2D eigenvalue weighted by Gasteiger charge is 2.47. The summed E-state index contributed by atoms with van der Waals surface area (Å²) in [6.45, 7) is 0. The van der Waals surface area contributed by atoms with E-state index in [2.05, 4.69) is 4.98 Å². The van der Waals surface area contributed by atoms with E-state index < -0.39 is 10.0 Å². The molecule has 2 unspecified atom stereocenters. The highest BCUT2D eigenvalue weighted by Crippen LogP contribution is 2.38. The molecule has 6 nitrogen and oxygen atoms in total. The minimum atomic E-state index is -3.45. The number of nitrogens with zero attached hydrogens (tertiary/aromatic N) is 3. The Balaban J connectivity index is 1.96. The lowest BCUT2D eigenvalue weighted by atomic mass is 10.0. The van der Waals surface area contributed by atoms with E-state index in [9.17, 15) is 8.42 Å². The van der Waals surface area contributed by atoms with Gasteiger partial charge in [-0.2, -0.15) is 4.31 Å². The van der Waals surface area contributed by atoms with Gasteiger partial charge in [-0.1, -0.05) is 0 Å². The van der Waals surface area contributed by atoms with E-state index in [4.69, 9.17) is 5.73 Å². The standard InChI is InChI=1S/C11H18N4O2S/c1-14-6-11(13-7-14)18(16,17)15-9-2-3-10(15)5-8(12)4-9/h6-10H,2-5,12H2,1H3. The molecule has 2 aliphatic rings. The van der Waals surface area contributed by atoms with Crippen LogP contribution in [0.15, 0.2) is 17.6 Å². The molecule has 3 rings (SSSR count). The maximum absolute atomic E-state index is 12.6. The minimum Gasteiger partial charge on any atom is -0.339 e. The molecule has 0 aliphatic carbocycles. The van der Waals surface area contributed by atoms with Crippen molar-refractivity contribution >= 4 is 10.0 Å². The predicted molar refractivity (Wildman–Crippen MR) is 66.3 cm³/mol. The Bertz CT molecular complexity index is 539. The van der Waals surface area contributed by atoms with Gasteiger partial charge in [0.25, 0.3) is 10.0 Å². The van der Waals surface area contributed by atoms with E-state index in [1.54, 1.807) is 22.1 Å². The van der Waals surface area contributed by atoms with Gasteiger partial charge in [0.1, 0.15) is 0 Å². The van der Waals surface area contributed by atoms with E-state index >= 15 is 0 Å². The summed E-state index contributed by atoms with van der Waals surface area (Å²) in [5.74, 6) is 0. The van der Waals surface area contributed by atoms with Crippen LogP contribution in [0.1, 0.15) is 25.7 Å². The Kier molecular flexibility index (Phi) is 2.72. The Morgan fingerprint density at radius 3 is 2.44 bits per heavy atom. The molecule has 2 N–H and O–H groups in total. The molecule has 18 heavy (non-hydrogen) atoms. The summed E-state index contributed by atoms with van der Waals surface area (Å²) in [6, 6.07) is 0.259. The zero-order valence-electron chi connectivity index (χ0n) is 10.4. The third-order valence-electron chi connectivity index (χ3n) is 3.93. The molecule has 2 aliphatic heterocycles. The highest BCUT2D eigenvalue weighted by atomic mass is 32.2. The zero-order chi connectivity index (χ0) is 12.9. The first-order valence-corrected chi connectivity index (χ1v) is 7.69. The first-order chi connectivity index (χ1) is 8.48. The molecular formula is C11H18N4O2S. The lowest BCUT2D eigenvalue weighted by molar-refractivity contribution is 0.227. The quantitative estimate of drug-likeness (QED) is 0.824. The number of aromatic nitrogens is 2. The number of sulfonamides is 1. The number of hydrogen-bond donors (Lipinski definition) is 1. The fraction of sp³-hybridized carbons (Fsp3) is 0.727. The number of piperidine rings is 1. The monoisotopic (exact) mass is 270 g/mol. The van der Waals surface area contributed by atoms with E-state index in [0.29, 0.717) is 0 Å². The zero-order valence-corrected chi connectivity index (χ0v) is 11.2. The molecule has 2 bridgehead atoms. The molecule has 0 radical (unpaired) electrons. The van der Waals surface area contributed by atoms with Crippen LogP contribution in [0.5, 0.6) is 0 Å². The number of rotatable bonds is 2. The van der Waals surface area contributed by atoms with Gasteiger partial charge in [-0.25, -0.2) is 13.4 Å². The Morgan fingerprint density at radius 1 is 1.33 bits per heavy atom. The maximum atomic E-state index is 12.6. The molecule has 2 atom stereocenters. The fourth-order valence-corrected chi connectivity index (χ4v) is 5.06. The molecule has 1 aromatic rings. The van der Waals surface area contributed by atoms with E-state index in [1.807, 2.05) is 0 Å². The summed E-state index contributed by atoms with van der Waals surface area (Å²) in [5.41, 5.74) is 5.96. The van der Waals surface area contributed by atoms with Crippen molar-refractivity contribution in [3.8, 4) is 0 Å². The summed E-state index contributed by atoms with van der Waals surface area (Å²) in [4.78, 5) is 3.98. The van der Waals surface area contributed by atoms with Crippen molar-refractivity contribution in [1.82, 2.24) is 13.9 Å². The second-order valence-corrected chi connectivity index (χ2v) is 7.12. The van der Waals surface area contributed by atoms with Gasteiger partial charge in [-0.15, -0.1) is 0 Å². The van der Waals surface area contributed by atoms with Gasteiger partial charge < -0.3 is 10.3 Å². The summed E-state index contributed by atoms with van der Waals surface area (Å²) in [5, 5.41) is 0.150. The summed E-state index contributed by atoms with van der Waals surface area (Å²) in [7, 11) is -1.68. The predicted octanol–water partition coefficient (Wildman–Crippen LogP) is 0.0629. The smallest absolute Gasteiger partial charge is 0.262 e. The lowest BCUT2D eigenvalue weighted by Gasteiger charge is -2.35. The topological polar surface area (TPSA) is 81.2 Å². The number of nitrogens with two attached hydrogens (primary N) is 1. The van der Waals surface area contributed by atoms with Gasteiger partial charge in [0, 0.05) is 31.4 Å². The molecule has 2 fully saturated rings. The number of imidazole rings is 1. The number of fused-ring (bicyclic) bond motifs is 2. The van der Waals surface area contributed by atoms with Crippen molar-refractivity contribution < 1.29 is 8.42 Å². The average molecular weight is 270 g/mol. The molecule has 1 aromatic heterocycles. The molecule has 100 valence electrons. The van der Waals surface area contributed by atoms with Crippen molar-refractivity contribution in [1.29, 1.82) is 0 Å². The molecule has 0 saturated carbocycles. The normalized spacial score (nSPS) is 32.9. The largest absolute Gasteiger partial charge is 0.339 e. The van der Waals surface area contributed by atoms with Crippen LogP contribution in [0.3, 0.4) is 0 Å². The second-order valence-electron chi connectivity index (χ2n) is 5.33. The van der Waals surface area contributed by atoms with Crippen LogP contribution in [-0.4, -0.2) is 40.4 Å². The molecule has 2 saturated heterocycles. The summed E-state index contributed by atoms with van der Waals surface area (Å²) < 4.78 is 28.5. The molecular weight excluding hydrogens is 252 g/mol. The summed E-state index contributed by atoms with van der Waals surface area (Å²) >= 11 is 0. The van der Waals surface area contributed by atoms with Crippen LogP contribution in [0.4, 0.5) is 0 Å². The van der Waals surface area contributed by atoms with Crippen molar-refractivity contribution in [3.63, 3.8) is 0 Å². The Hall–Kier alpha value is -0.920. The van der Waals surface area contributed by atoms with Crippen LogP contribution in [0.2, 0.25) is 0 Å². The second kappa shape index (κ2) is 4.04. The molecule has 3 heterocycles. The van der Waals surface area contributed by atoms with Gasteiger partial charge in [-0.05, 0) is 25.7 Å². The van der Waals surface area contributed by atoms with Gasteiger partial charge in [-0.3, -0.25) is 0 Å².